The number of aromatic nitrogens is 1. The van der Waals surface area contributed by atoms with E-state index >= 15 is 0 Å². The van der Waals surface area contributed by atoms with Gasteiger partial charge >= 0.3 is 6.09 Å². The molecule has 1 aromatic heterocycles. The van der Waals surface area contributed by atoms with E-state index in [1.807, 2.05) is 33.8 Å². The van der Waals surface area contributed by atoms with Gasteiger partial charge in [-0.3, -0.25) is 0 Å². The molecule has 2 heterocycles. The zero-order chi connectivity index (χ0) is 22.9. The quantitative estimate of drug-likeness (QED) is 0.446. The highest BCUT2D eigenvalue weighted by molar-refractivity contribution is 6.39. The Kier molecular flexibility index (Phi) is 7.07. The van der Waals surface area contributed by atoms with Gasteiger partial charge in [-0.1, -0.05) is 59.9 Å². The Bertz CT molecular complexity index is 969. The van der Waals surface area contributed by atoms with Crippen LogP contribution in [-0.2, 0) is 11.2 Å². The van der Waals surface area contributed by atoms with E-state index in [9.17, 15) is 4.79 Å². The third-order valence-corrected chi connectivity index (χ3v) is 5.85. The number of halogens is 2. The van der Waals surface area contributed by atoms with Crippen molar-refractivity contribution in [1.29, 1.82) is 0 Å². The van der Waals surface area contributed by atoms with Gasteiger partial charge in [0.15, 0.2) is 0 Å². The van der Waals surface area contributed by atoms with Crippen LogP contribution in [0.25, 0.3) is 11.3 Å². The fourth-order valence-electron chi connectivity index (χ4n) is 3.80. The fourth-order valence-corrected chi connectivity index (χ4v) is 4.38. The van der Waals surface area contributed by atoms with Gasteiger partial charge in [0.25, 0.3) is 0 Å². The molecule has 1 amide bonds. The lowest BCUT2D eigenvalue weighted by Crippen LogP contribution is -2.44. The lowest BCUT2D eigenvalue weighted by molar-refractivity contribution is 0.0202. The summed E-state index contributed by atoms with van der Waals surface area (Å²) in [5.41, 5.74) is 3.08. The minimum atomic E-state index is -0.515. The number of hydrogen-bond donors (Lipinski definition) is 0. The number of amides is 1. The molecule has 0 N–H and O–H groups in total. The maximum Gasteiger partial charge on any atom is 0.410 e. The van der Waals surface area contributed by atoms with Gasteiger partial charge in [0.2, 0.25) is 0 Å². The number of hydrogen-bond acceptors (Lipinski definition) is 4. The van der Waals surface area contributed by atoms with E-state index in [1.54, 1.807) is 17.0 Å². The number of carbonyl (C=O) groups excluding carboxylic acids is 1. The molecule has 5 nitrogen and oxygen atoms in total. The Labute approximate surface area is 194 Å². The SMILES string of the molecule is CC(C)c1onc(-c2c(Cl)cccc2Cl)c1CC1=C[C@@H](C)N(C(=O)OC(C)(C)C)CC1. The summed E-state index contributed by atoms with van der Waals surface area (Å²) in [7, 11) is 0. The predicted octanol–water partition coefficient (Wildman–Crippen LogP) is 7.27. The lowest BCUT2D eigenvalue weighted by atomic mass is 9.92. The number of carbonyl (C=O) groups is 1. The molecule has 1 aromatic carbocycles. The van der Waals surface area contributed by atoms with E-state index in [1.165, 1.54) is 5.57 Å². The van der Waals surface area contributed by atoms with Crippen LogP contribution >= 0.6 is 23.2 Å². The topological polar surface area (TPSA) is 55.6 Å². The highest BCUT2D eigenvalue weighted by atomic mass is 35.5. The van der Waals surface area contributed by atoms with Gasteiger partial charge in [-0.05, 0) is 52.7 Å². The molecule has 0 saturated carbocycles. The minimum absolute atomic E-state index is 0.0617. The summed E-state index contributed by atoms with van der Waals surface area (Å²) >= 11 is 12.9. The highest BCUT2D eigenvalue weighted by Crippen LogP contribution is 2.39. The Balaban J connectivity index is 1.90. The standard InChI is InChI=1S/C24H30Cl2N2O3/c1-14(2)22-17(21(27-31-22)20-18(25)8-7-9-19(20)26)13-16-10-11-28(15(3)12-16)23(29)30-24(4,5)6/h7-9,12,14-15H,10-11,13H2,1-6H3/t15-/m1/s1. The molecule has 7 heteroatoms. The first-order valence-electron chi connectivity index (χ1n) is 10.6. The van der Waals surface area contributed by atoms with Gasteiger partial charge in [-0.2, -0.15) is 0 Å². The summed E-state index contributed by atoms with van der Waals surface area (Å²) in [6, 6.07) is 5.36. The monoisotopic (exact) mass is 464 g/mol. The first-order chi connectivity index (χ1) is 14.5. The molecule has 0 unspecified atom stereocenters. The fraction of sp³-hybridized carbons (Fsp3) is 0.500. The molecule has 0 radical (unpaired) electrons. The van der Waals surface area contributed by atoms with Gasteiger partial charge in [-0.15, -0.1) is 0 Å². The summed E-state index contributed by atoms with van der Waals surface area (Å²) < 4.78 is 11.3. The van der Waals surface area contributed by atoms with Gasteiger partial charge in [0.1, 0.15) is 17.1 Å². The second-order valence-electron chi connectivity index (χ2n) is 9.29. The zero-order valence-corrected chi connectivity index (χ0v) is 20.5. The molecular weight excluding hydrogens is 435 g/mol. The van der Waals surface area contributed by atoms with Crippen molar-refractivity contribution in [1.82, 2.24) is 10.1 Å². The van der Waals surface area contributed by atoms with Gasteiger partial charge in [0.05, 0.1) is 16.1 Å². The molecule has 0 bridgehead atoms. The van der Waals surface area contributed by atoms with Crippen molar-refractivity contribution in [3.05, 3.63) is 51.2 Å². The predicted molar refractivity (Wildman–Crippen MR) is 125 cm³/mol. The van der Waals surface area contributed by atoms with Crippen molar-refractivity contribution in [3.63, 3.8) is 0 Å². The molecular formula is C24H30Cl2N2O3. The van der Waals surface area contributed by atoms with Crippen molar-refractivity contribution in [2.24, 2.45) is 0 Å². The molecule has 0 aliphatic carbocycles. The van der Waals surface area contributed by atoms with Crippen LogP contribution in [0.15, 0.2) is 34.4 Å². The first-order valence-corrected chi connectivity index (χ1v) is 11.4. The molecule has 0 saturated heterocycles. The van der Waals surface area contributed by atoms with Gasteiger partial charge < -0.3 is 14.2 Å². The van der Waals surface area contributed by atoms with Gasteiger partial charge in [0, 0.05) is 23.6 Å². The summed E-state index contributed by atoms with van der Waals surface area (Å²) in [6.45, 7) is 12.4. The largest absolute Gasteiger partial charge is 0.444 e. The van der Waals surface area contributed by atoms with Crippen LogP contribution < -0.4 is 0 Å². The molecule has 168 valence electrons. The zero-order valence-electron chi connectivity index (χ0n) is 19.0. The molecule has 1 aliphatic heterocycles. The Morgan fingerprint density at radius 3 is 2.48 bits per heavy atom. The molecule has 0 spiro atoms. The van der Waals surface area contributed by atoms with Crippen LogP contribution in [0, 0.1) is 0 Å². The van der Waals surface area contributed by atoms with Crippen molar-refractivity contribution in [2.75, 3.05) is 6.54 Å². The third kappa shape index (κ3) is 5.45. The average molecular weight is 465 g/mol. The molecule has 2 aromatic rings. The van der Waals surface area contributed by atoms with Crippen LogP contribution in [0.5, 0.6) is 0 Å². The maximum absolute atomic E-state index is 12.5. The minimum Gasteiger partial charge on any atom is -0.444 e. The number of nitrogens with zero attached hydrogens (tertiary/aromatic N) is 2. The summed E-state index contributed by atoms with van der Waals surface area (Å²) in [5.74, 6) is 0.992. The normalized spacial score (nSPS) is 17.1. The van der Waals surface area contributed by atoms with Crippen LogP contribution in [0.3, 0.4) is 0 Å². The average Bonchev–Trinajstić information content (AvgIpc) is 3.03. The van der Waals surface area contributed by atoms with Crippen LogP contribution in [0.4, 0.5) is 4.79 Å². The Morgan fingerprint density at radius 2 is 1.94 bits per heavy atom. The van der Waals surface area contributed by atoms with Gasteiger partial charge in [-0.25, -0.2) is 4.79 Å². The maximum atomic E-state index is 12.5. The van der Waals surface area contributed by atoms with E-state index in [0.717, 1.165) is 17.7 Å². The highest BCUT2D eigenvalue weighted by Gasteiger charge is 2.30. The smallest absolute Gasteiger partial charge is 0.410 e. The van der Waals surface area contributed by atoms with Crippen molar-refractivity contribution < 1.29 is 14.1 Å². The molecule has 1 atom stereocenters. The summed E-state index contributed by atoms with van der Waals surface area (Å²) in [5, 5.41) is 5.42. The Hall–Kier alpha value is -1.98. The lowest BCUT2D eigenvalue weighted by Gasteiger charge is -2.34. The Morgan fingerprint density at radius 1 is 1.29 bits per heavy atom. The molecule has 31 heavy (non-hydrogen) atoms. The van der Waals surface area contributed by atoms with Crippen molar-refractivity contribution >= 4 is 29.3 Å². The number of benzene rings is 1. The summed E-state index contributed by atoms with van der Waals surface area (Å²) in [4.78, 5) is 14.3. The second-order valence-corrected chi connectivity index (χ2v) is 10.1. The first kappa shape index (κ1) is 23.7. The van der Waals surface area contributed by atoms with Crippen molar-refractivity contribution in [3.8, 4) is 11.3 Å². The van der Waals surface area contributed by atoms with Crippen LogP contribution in [0.1, 0.15) is 65.2 Å². The van der Waals surface area contributed by atoms with Crippen LogP contribution in [0.2, 0.25) is 10.0 Å². The number of ether oxygens (including phenoxy) is 1. The molecule has 1 aliphatic rings. The number of rotatable bonds is 4. The molecule has 3 rings (SSSR count). The van der Waals surface area contributed by atoms with Crippen molar-refractivity contribution in [2.45, 2.75) is 71.9 Å². The van der Waals surface area contributed by atoms with E-state index in [4.69, 9.17) is 32.5 Å². The molecule has 0 fully saturated rings. The van der Waals surface area contributed by atoms with E-state index in [2.05, 4.69) is 25.1 Å². The van der Waals surface area contributed by atoms with E-state index in [-0.39, 0.29) is 18.1 Å². The van der Waals surface area contributed by atoms with Crippen LogP contribution in [-0.4, -0.2) is 34.3 Å². The third-order valence-electron chi connectivity index (χ3n) is 5.22. The summed E-state index contributed by atoms with van der Waals surface area (Å²) in [6.07, 6.45) is 3.26. The van der Waals surface area contributed by atoms with E-state index in [0.29, 0.717) is 34.3 Å². The van der Waals surface area contributed by atoms with E-state index < -0.39 is 5.60 Å². The second kappa shape index (κ2) is 9.25.